The Morgan fingerprint density at radius 2 is 1.70 bits per heavy atom. The summed E-state index contributed by atoms with van der Waals surface area (Å²) in [5, 5.41) is 8.00. The van der Waals surface area contributed by atoms with Crippen molar-refractivity contribution in [1.29, 1.82) is 0 Å². The van der Waals surface area contributed by atoms with Gasteiger partial charge in [-0.1, -0.05) is 34.1 Å². The second kappa shape index (κ2) is 10.4. The van der Waals surface area contributed by atoms with Crippen molar-refractivity contribution >= 4 is 38.6 Å². The fourth-order valence-electron chi connectivity index (χ4n) is 4.50. The fraction of sp³-hybridized carbons (Fsp3) is 0.385. The number of pyridine rings is 1. The first-order valence-electron chi connectivity index (χ1n) is 11.3. The van der Waals surface area contributed by atoms with E-state index in [1.807, 2.05) is 24.3 Å². The highest BCUT2D eigenvalue weighted by Crippen LogP contribution is 2.33. The van der Waals surface area contributed by atoms with Crippen LogP contribution in [0, 0.1) is 6.92 Å². The number of benzene rings is 2. The van der Waals surface area contributed by atoms with Gasteiger partial charge in [0.15, 0.2) is 11.5 Å². The summed E-state index contributed by atoms with van der Waals surface area (Å²) in [6.45, 7) is 2.12. The van der Waals surface area contributed by atoms with Crippen molar-refractivity contribution in [2.24, 2.45) is 0 Å². The quantitative estimate of drug-likeness (QED) is 0.443. The number of methoxy groups -OCH3 is 2. The number of hydrogen-bond donors (Lipinski definition) is 2. The summed E-state index contributed by atoms with van der Waals surface area (Å²) in [5.74, 6) is 2.20. The van der Waals surface area contributed by atoms with Gasteiger partial charge in [0, 0.05) is 21.9 Å². The first kappa shape index (κ1) is 23.4. The summed E-state index contributed by atoms with van der Waals surface area (Å²) < 4.78 is 11.5. The number of para-hydroxylation sites is 1. The van der Waals surface area contributed by atoms with Gasteiger partial charge in [0.05, 0.1) is 26.2 Å². The Hall–Kier alpha value is -2.80. The number of carbonyl (C=O) groups is 1. The van der Waals surface area contributed by atoms with Gasteiger partial charge < -0.3 is 20.1 Å². The van der Waals surface area contributed by atoms with Gasteiger partial charge in [-0.25, -0.2) is 4.98 Å². The number of carbonyl (C=O) groups excluding carboxylic acids is 1. The summed E-state index contributed by atoms with van der Waals surface area (Å²) in [6, 6.07) is 14.6. The Kier molecular flexibility index (Phi) is 7.38. The van der Waals surface area contributed by atoms with Crippen molar-refractivity contribution in [3.63, 3.8) is 0 Å². The van der Waals surface area contributed by atoms with Crippen LogP contribution in [-0.4, -0.2) is 37.2 Å². The maximum absolute atomic E-state index is 12.7. The van der Waals surface area contributed by atoms with E-state index >= 15 is 0 Å². The first-order valence-corrected chi connectivity index (χ1v) is 12.1. The van der Waals surface area contributed by atoms with Gasteiger partial charge in [0.25, 0.3) is 0 Å². The lowest BCUT2D eigenvalue weighted by molar-refractivity contribution is -0.121. The van der Waals surface area contributed by atoms with Crippen molar-refractivity contribution in [2.75, 3.05) is 19.5 Å². The molecule has 0 radical (unpaired) electrons. The molecule has 33 heavy (non-hydrogen) atoms. The monoisotopic (exact) mass is 511 g/mol. The number of ether oxygens (including phenoxy) is 2. The number of amides is 1. The summed E-state index contributed by atoms with van der Waals surface area (Å²) in [6.07, 6.45) is 4.18. The first-order chi connectivity index (χ1) is 16.0. The van der Waals surface area contributed by atoms with E-state index in [1.165, 1.54) is 10.9 Å². The molecule has 1 amide bonds. The second-order valence-electron chi connectivity index (χ2n) is 8.58. The molecule has 3 aromatic rings. The molecule has 174 valence electrons. The zero-order valence-electron chi connectivity index (χ0n) is 19.3. The molecular weight excluding hydrogens is 482 g/mol. The van der Waals surface area contributed by atoms with E-state index in [9.17, 15) is 4.79 Å². The van der Waals surface area contributed by atoms with Crippen LogP contribution in [0.1, 0.15) is 36.8 Å². The van der Waals surface area contributed by atoms with E-state index < -0.39 is 0 Å². The van der Waals surface area contributed by atoms with Crippen molar-refractivity contribution in [2.45, 2.75) is 51.1 Å². The van der Waals surface area contributed by atoms with Crippen molar-refractivity contribution in [3.05, 3.63) is 58.1 Å². The van der Waals surface area contributed by atoms with Gasteiger partial charge in [0.2, 0.25) is 5.91 Å². The average Bonchev–Trinajstić information content (AvgIpc) is 2.81. The molecule has 0 saturated heterocycles. The SMILES string of the molecule is COc1cc(Br)c(CC(=O)NC2CCC(Nc3cc(C)c4ccccc4n3)CC2)cc1OC. The van der Waals surface area contributed by atoms with Crippen LogP contribution in [-0.2, 0) is 11.2 Å². The molecule has 1 heterocycles. The number of rotatable bonds is 7. The number of aryl methyl sites for hydroxylation is 1. The summed E-state index contributed by atoms with van der Waals surface area (Å²) in [7, 11) is 3.19. The predicted molar refractivity (Wildman–Crippen MR) is 135 cm³/mol. The Bertz CT molecular complexity index is 1140. The number of nitrogens with zero attached hydrogens (tertiary/aromatic N) is 1. The van der Waals surface area contributed by atoms with Crippen molar-refractivity contribution in [3.8, 4) is 11.5 Å². The van der Waals surface area contributed by atoms with Crippen LogP contribution in [0.2, 0.25) is 0 Å². The molecule has 2 N–H and O–H groups in total. The lowest BCUT2D eigenvalue weighted by Gasteiger charge is -2.30. The average molecular weight is 512 g/mol. The van der Waals surface area contributed by atoms with Gasteiger partial charge >= 0.3 is 0 Å². The minimum absolute atomic E-state index is 0.0196. The second-order valence-corrected chi connectivity index (χ2v) is 9.43. The van der Waals surface area contributed by atoms with Crippen molar-refractivity contribution < 1.29 is 14.3 Å². The molecule has 0 spiro atoms. The van der Waals surface area contributed by atoms with E-state index in [4.69, 9.17) is 14.5 Å². The number of fused-ring (bicyclic) bond motifs is 1. The number of aromatic nitrogens is 1. The van der Waals surface area contributed by atoms with Gasteiger partial charge in [-0.05, 0) is 68.0 Å². The number of halogens is 1. The van der Waals surface area contributed by atoms with Crippen LogP contribution < -0.4 is 20.1 Å². The van der Waals surface area contributed by atoms with Gasteiger partial charge in [-0.2, -0.15) is 0 Å². The maximum atomic E-state index is 12.7. The molecule has 1 aromatic heterocycles. The zero-order valence-corrected chi connectivity index (χ0v) is 20.9. The van der Waals surface area contributed by atoms with E-state index in [1.54, 1.807) is 14.2 Å². The van der Waals surface area contributed by atoms with Crippen LogP contribution in [0.15, 0.2) is 46.9 Å². The van der Waals surface area contributed by atoms with Crippen LogP contribution in [0.5, 0.6) is 11.5 Å². The fourth-order valence-corrected chi connectivity index (χ4v) is 4.96. The minimum atomic E-state index is 0.0196. The highest BCUT2D eigenvalue weighted by atomic mass is 79.9. The molecule has 4 rings (SSSR count). The maximum Gasteiger partial charge on any atom is 0.224 e. The van der Waals surface area contributed by atoms with Crippen LogP contribution >= 0.6 is 15.9 Å². The third-order valence-electron chi connectivity index (χ3n) is 6.27. The molecule has 6 nitrogen and oxygen atoms in total. The summed E-state index contributed by atoms with van der Waals surface area (Å²) >= 11 is 3.53. The topological polar surface area (TPSA) is 72.5 Å². The molecule has 1 aliphatic rings. The summed E-state index contributed by atoms with van der Waals surface area (Å²) in [5.41, 5.74) is 3.12. The lowest BCUT2D eigenvalue weighted by atomic mass is 9.91. The van der Waals surface area contributed by atoms with E-state index in [0.29, 0.717) is 24.0 Å². The standard InChI is InChI=1S/C26H30BrN3O3/c1-16-12-25(30-22-7-5-4-6-20(16)22)28-18-8-10-19(11-9-18)29-26(31)14-17-13-23(32-2)24(33-3)15-21(17)27/h4-7,12-13,15,18-19H,8-11,14H2,1-3H3,(H,28,30)(H,29,31). The Labute approximate surface area is 203 Å². The Balaban J connectivity index is 1.30. The summed E-state index contributed by atoms with van der Waals surface area (Å²) in [4.78, 5) is 17.5. The van der Waals surface area contributed by atoms with Gasteiger partial charge in [0.1, 0.15) is 5.82 Å². The van der Waals surface area contributed by atoms with Crippen LogP contribution in [0.3, 0.4) is 0 Å². The smallest absolute Gasteiger partial charge is 0.224 e. The Morgan fingerprint density at radius 1 is 1.03 bits per heavy atom. The van der Waals surface area contributed by atoms with E-state index in [-0.39, 0.29) is 11.9 Å². The van der Waals surface area contributed by atoms with Gasteiger partial charge in [-0.3, -0.25) is 4.79 Å². The lowest BCUT2D eigenvalue weighted by Crippen LogP contribution is -2.40. The third kappa shape index (κ3) is 5.58. The predicted octanol–water partition coefficient (Wildman–Crippen LogP) is 5.40. The molecule has 0 unspecified atom stereocenters. The van der Waals surface area contributed by atoms with Gasteiger partial charge in [-0.15, -0.1) is 0 Å². The molecule has 1 saturated carbocycles. The minimum Gasteiger partial charge on any atom is -0.493 e. The number of nitrogens with one attached hydrogen (secondary N) is 2. The molecule has 0 bridgehead atoms. The molecule has 7 heteroatoms. The largest absolute Gasteiger partial charge is 0.493 e. The zero-order chi connectivity index (χ0) is 23.4. The molecule has 1 aliphatic carbocycles. The third-order valence-corrected chi connectivity index (χ3v) is 7.01. The molecule has 2 aromatic carbocycles. The molecular formula is C26H30BrN3O3. The normalized spacial score (nSPS) is 18.1. The Morgan fingerprint density at radius 3 is 2.42 bits per heavy atom. The molecule has 1 fully saturated rings. The van der Waals surface area contributed by atoms with E-state index in [2.05, 4.69) is 51.7 Å². The van der Waals surface area contributed by atoms with Crippen LogP contribution in [0.25, 0.3) is 10.9 Å². The highest BCUT2D eigenvalue weighted by Gasteiger charge is 2.23. The molecule has 0 atom stereocenters. The highest BCUT2D eigenvalue weighted by molar-refractivity contribution is 9.10. The van der Waals surface area contributed by atoms with E-state index in [0.717, 1.165) is 47.1 Å². The van der Waals surface area contributed by atoms with Crippen LogP contribution in [0.4, 0.5) is 5.82 Å². The molecule has 0 aliphatic heterocycles. The van der Waals surface area contributed by atoms with Crippen molar-refractivity contribution in [1.82, 2.24) is 10.3 Å². The number of anilines is 1. The number of hydrogen-bond acceptors (Lipinski definition) is 5.